The number of amides is 1. The van der Waals surface area contributed by atoms with Crippen LogP contribution in [0, 0.1) is 0 Å². The maximum absolute atomic E-state index is 10.9. The number of pyridine rings is 2. The number of aryl methyl sites for hydroxylation is 2. The predicted octanol–water partition coefficient (Wildman–Crippen LogP) is 2.23. The van der Waals surface area contributed by atoms with Crippen LogP contribution in [0.4, 0.5) is 0 Å². The zero-order valence-corrected chi connectivity index (χ0v) is 13.3. The molecule has 0 saturated heterocycles. The highest BCUT2D eigenvalue weighted by Crippen LogP contribution is 2.28. The quantitative estimate of drug-likeness (QED) is 0.846. The zero-order valence-electron chi connectivity index (χ0n) is 13.3. The molecule has 2 aliphatic rings. The van der Waals surface area contributed by atoms with Crippen molar-refractivity contribution in [3.05, 3.63) is 59.2 Å². The van der Waals surface area contributed by atoms with Gasteiger partial charge in [-0.2, -0.15) is 0 Å². The average molecular weight is 310 g/mol. The topological polar surface area (TPSA) is 80.9 Å². The van der Waals surface area contributed by atoms with Gasteiger partial charge in [0.1, 0.15) is 0 Å². The maximum Gasteiger partial charge on any atom is 0.217 e. The molecule has 0 unspecified atom stereocenters. The summed E-state index contributed by atoms with van der Waals surface area (Å²) >= 11 is 0. The Bertz CT molecular complexity index is 701. The van der Waals surface area contributed by atoms with Crippen molar-refractivity contribution in [1.29, 1.82) is 0 Å². The summed E-state index contributed by atoms with van der Waals surface area (Å²) < 4.78 is 0. The van der Waals surface area contributed by atoms with E-state index < -0.39 is 0 Å². The molecule has 2 aromatic heterocycles. The third-order valence-electron chi connectivity index (χ3n) is 4.34. The second-order valence-electron chi connectivity index (χ2n) is 6.03. The molecule has 5 heteroatoms. The van der Waals surface area contributed by atoms with Crippen LogP contribution in [0.3, 0.4) is 0 Å². The first-order valence-corrected chi connectivity index (χ1v) is 8.05. The van der Waals surface area contributed by atoms with Gasteiger partial charge in [-0.05, 0) is 48.9 Å². The minimum Gasteiger partial charge on any atom is -0.348 e. The molecule has 23 heavy (non-hydrogen) atoms. The van der Waals surface area contributed by atoms with Gasteiger partial charge < -0.3 is 11.1 Å². The van der Waals surface area contributed by atoms with E-state index in [9.17, 15) is 4.79 Å². The van der Waals surface area contributed by atoms with Crippen LogP contribution in [-0.4, -0.2) is 15.9 Å². The molecule has 3 N–H and O–H groups in total. The second-order valence-corrected chi connectivity index (χ2v) is 6.03. The fraction of sp³-hybridized carbons (Fsp3) is 0.389. The molecule has 0 aliphatic heterocycles. The summed E-state index contributed by atoms with van der Waals surface area (Å²) in [4.78, 5) is 19.4. The van der Waals surface area contributed by atoms with E-state index in [1.54, 1.807) is 13.1 Å². The zero-order chi connectivity index (χ0) is 16.2. The van der Waals surface area contributed by atoms with Crippen molar-refractivity contribution in [2.75, 3.05) is 0 Å². The number of nitrogens with two attached hydrogens (primary N) is 1. The van der Waals surface area contributed by atoms with E-state index in [-0.39, 0.29) is 18.0 Å². The summed E-state index contributed by atoms with van der Waals surface area (Å²) in [6.07, 6.45) is 7.75. The molecule has 0 fully saturated rings. The van der Waals surface area contributed by atoms with Gasteiger partial charge in [-0.25, -0.2) is 0 Å². The van der Waals surface area contributed by atoms with Crippen molar-refractivity contribution in [3.63, 3.8) is 0 Å². The van der Waals surface area contributed by atoms with Gasteiger partial charge in [0, 0.05) is 25.4 Å². The lowest BCUT2D eigenvalue weighted by Crippen LogP contribution is -2.24. The molecule has 2 heterocycles. The van der Waals surface area contributed by atoms with Crippen LogP contribution < -0.4 is 11.1 Å². The molecule has 1 amide bonds. The van der Waals surface area contributed by atoms with Gasteiger partial charge >= 0.3 is 0 Å². The molecule has 2 aromatic rings. The Kier molecular flexibility index (Phi) is 4.67. The Hall–Kier alpha value is -2.27. The Morgan fingerprint density at radius 2 is 1.70 bits per heavy atom. The molecular formula is C18H22N4O. The predicted molar refractivity (Wildman–Crippen MR) is 88.6 cm³/mol. The van der Waals surface area contributed by atoms with Crippen LogP contribution in [0.1, 0.15) is 54.4 Å². The molecule has 0 aromatic carbocycles. The molecule has 0 spiro atoms. The minimum atomic E-state index is 0.0171. The lowest BCUT2D eigenvalue weighted by molar-refractivity contribution is -0.119. The van der Waals surface area contributed by atoms with Crippen molar-refractivity contribution < 1.29 is 4.79 Å². The molecule has 2 aliphatic carbocycles. The Morgan fingerprint density at radius 1 is 1.09 bits per heavy atom. The van der Waals surface area contributed by atoms with E-state index in [2.05, 4.69) is 27.4 Å². The van der Waals surface area contributed by atoms with Crippen LogP contribution in [0.5, 0.6) is 0 Å². The van der Waals surface area contributed by atoms with E-state index >= 15 is 0 Å². The third-order valence-corrected chi connectivity index (χ3v) is 4.34. The Labute approximate surface area is 136 Å². The molecule has 2 atom stereocenters. The smallest absolute Gasteiger partial charge is 0.217 e. The SMILES string of the molecule is CC(=O)N[C@@H]1CCc2cccnc21.N[C@H]1CCc2cccnc21. The number of carbonyl (C=O) groups excluding carboxylic acids is 1. The van der Waals surface area contributed by atoms with Gasteiger partial charge in [-0.15, -0.1) is 0 Å². The van der Waals surface area contributed by atoms with E-state index in [1.807, 2.05) is 18.3 Å². The highest BCUT2D eigenvalue weighted by atomic mass is 16.1. The lowest BCUT2D eigenvalue weighted by atomic mass is 10.2. The summed E-state index contributed by atoms with van der Waals surface area (Å²) in [5.41, 5.74) is 10.5. The summed E-state index contributed by atoms with van der Waals surface area (Å²) in [5.74, 6) is 0.0171. The number of fused-ring (bicyclic) bond motifs is 2. The molecule has 5 nitrogen and oxygen atoms in total. The lowest BCUT2D eigenvalue weighted by Gasteiger charge is -2.10. The molecule has 0 saturated carbocycles. The van der Waals surface area contributed by atoms with Crippen molar-refractivity contribution in [3.8, 4) is 0 Å². The summed E-state index contributed by atoms with van der Waals surface area (Å²) in [7, 11) is 0. The first-order chi connectivity index (χ1) is 11.1. The van der Waals surface area contributed by atoms with E-state index in [0.717, 1.165) is 37.1 Å². The second kappa shape index (κ2) is 6.87. The van der Waals surface area contributed by atoms with Crippen molar-refractivity contribution >= 4 is 5.91 Å². The average Bonchev–Trinajstić information content (AvgIpc) is 3.13. The number of carbonyl (C=O) groups is 1. The van der Waals surface area contributed by atoms with E-state index in [1.165, 1.54) is 11.1 Å². The summed E-state index contributed by atoms with van der Waals surface area (Å²) in [6.45, 7) is 1.54. The highest BCUT2D eigenvalue weighted by Gasteiger charge is 2.23. The van der Waals surface area contributed by atoms with Gasteiger partial charge in [0.05, 0.1) is 17.4 Å². The normalized spacial score (nSPS) is 21.0. The summed E-state index contributed by atoms with van der Waals surface area (Å²) in [5, 5.41) is 2.90. The third kappa shape index (κ3) is 3.56. The molecule has 0 radical (unpaired) electrons. The molecule has 4 rings (SSSR count). The van der Waals surface area contributed by atoms with Crippen LogP contribution >= 0.6 is 0 Å². The van der Waals surface area contributed by atoms with E-state index in [0.29, 0.717) is 0 Å². The van der Waals surface area contributed by atoms with E-state index in [4.69, 9.17) is 5.73 Å². The Balaban J connectivity index is 0.000000140. The number of aromatic nitrogens is 2. The van der Waals surface area contributed by atoms with Crippen LogP contribution in [-0.2, 0) is 17.6 Å². The van der Waals surface area contributed by atoms with Crippen LogP contribution in [0.15, 0.2) is 36.7 Å². The fourth-order valence-corrected chi connectivity index (χ4v) is 3.24. The first kappa shape index (κ1) is 15.6. The standard InChI is InChI=1S/C10H12N2O.C8H10N2/c1-7(13)12-9-5-4-8-3-2-6-11-10(8)9;9-7-4-3-6-2-1-5-10-8(6)7/h2-3,6,9H,4-5H2,1H3,(H,12,13);1-2,5,7H,3-4,9H2/t9-;7-/m10/s1. The molecular weight excluding hydrogens is 288 g/mol. The highest BCUT2D eigenvalue weighted by molar-refractivity contribution is 5.73. The monoisotopic (exact) mass is 310 g/mol. The minimum absolute atomic E-state index is 0.0171. The van der Waals surface area contributed by atoms with Gasteiger partial charge in [0.2, 0.25) is 5.91 Å². The largest absolute Gasteiger partial charge is 0.348 e. The maximum atomic E-state index is 10.9. The van der Waals surface area contributed by atoms with Gasteiger partial charge in [0.25, 0.3) is 0 Å². The van der Waals surface area contributed by atoms with Crippen LogP contribution in [0.2, 0.25) is 0 Å². The first-order valence-electron chi connectivity index (χ1n) is 8.05. The van der Waals surface area contributed by atoms with Crippen molar-refractivity contribution in [1.82, 2.24) is 15.3 Å². The number of nitrogens with zero attached hydrogens (tertiary/aromatic N) is 2. The molecule has 120 valence electrons. The number of rotatable bonds is 1. The van der Waals surface area contributed by atoms with Gasteiger partial charge in [0.15, 0.2) is 0 Å². The number of nitrogens with one attached hydrogen (secondary N) is 1. The Morgan fingerprint density at radius 3 is 2.35 bits per heavy atom. The van der Waals surface area contributed by atoms with Crippen molar-refractivity contribution in [2.24, 2.45) is 5.73 Å². The number of hydrogen-bond acceptors (Lipinski definition) is 4. The van der Waals surface area contributed by atoms with Crippen molar-refractivity contribution in [2.45, 2.75) is 44.7 Å². The fourth-order valence-electron chi connectivity index (χ4n) is 3.24. The van der Waals surface area contributed by atoms with Gasteiger partial charge in [-0.1, -0.05) is 12.1 Å². The number of hydrogen-bond donors (Lipinski definition) is 2. The summed E-state index contributed by atoms with van der Waals surface area (Å²) in [6, 6.07) is 8.41. The van der Waals surface area contributed by atoms with Gasteiger partial charge in [-0.3, -0.25) is 14.8 Å². The molecule has 0 bridgehead atoms. The van der Waals surface area contributed by atoms with Crippen LogP contribution in [0.25, 0.3) is 0 Å².